The minimum absolute atomic E-state index is 0.147. The zero-order chi connectivity index (χ0) is 13.8. The van der Waals surface area contributed by atoms with Crippen molar-refractivity contribution in [2.45, 2.75) is 25.1 Å². The standard InChI is InChI=1S/C13H15BrN2O2S/c1-2-3-8-16-12(17)11(19-13(16)18)15-10-6-4-9(14)5-7-10/h4-7,11,15H,2-3,8H2,1H3/t11-/m0/s1. The van der Waals surface area contributed by atoms with Crippen molar-refractivity contribution < 1.29 is 9.59 Å². The van der Waals surface area contributed by atoms with Crippen molar-refractivity contribution in [3.8, 4) is 0 Å². The van der Waals surface area contributed by atoms with Gasteiger partial charge in [0.2, 0.25) is 0 Å². The van der Waals surface area contributed by atoms with Crippen LogP contribution in [0.1, 0.15) is 19.8 Å². The molecule has 1 aliphatic rings. The summed E-state index contributed by atoms with van der Waals surface area (Å²) in [6, 6.07) is 7.53. The van der Waals surface area contributed by atoms with E-state index in [1.807, 2.05) is 31.2 Å². The number of hydrogen-bond acceptors (Lipinski definition) is 4. The van der Waals surface area contributed by atoms with Gasteiger partial charge in [-0.3, -0.25) is 14.5 Å². The summed E-state index contributed by atoms with van der Waals surface area (Å²) in [7, 11) is 0. The molecule has 1 fully saturated rings. The van der Waals surface area contributed by atoms with Crippen LogP contribution in [0.3, 0.4) is 0 Å². The molecule has 6 heteroatoms. The minimum Gasteiger partial charge on any atom is -0.365 e. The van der Waals surface area contributed by atoms with Crippen LogP contribution in [0.25, 0.3) is 0 Å². The van der Waals surface area contributed by atoms with E-state index < -0.39 is 5.37 Å². The minimum atomic E-state index is -0.509. The van der Waals surface area contributed by atoms with Crippen molar-refractivity contribution in [1.82, 2.24) is 4.90 Å². The Morgan fingerprint density at radius 1 is 1.32 bits per heavy atom. The van der Waals surface area contributed by atoms with Gasteiger partial charge >= 0.3 is 0 Å². The van der Waals surface area contributed by atoms with E-state index in [-0.39, 0.29) is 11.1 Å². The number of imide groups is 1. The van der Waals surface area contributed by atoms with Gasteiger partial charge in [0.05, 0.1) is 0 Å². The lowest BCUT2D eigenvalue weighted by Gasteiger charge is -2.14. The molecule has 1 heterocycles. The van der Waals surface area contributed by atoms with E-state index in [4.69, 9.17) is 0 Å². The largest absolute Gasteiger partial charge is 0.365 e. The van der Waals surface area contributed by atoms with E-state index in [0.717, 1.165) is 34.8 Å². The Hall–Kier alpha value is -1.01. The first-order chi connectivity index (χ1) is 9.11. The maximum Gasteiger partial charge on any atom is 0.290 e. The molecule has 1 saturated heterocycles. The molecule has 1 aliphatic heterocycles. The Kier molecular flexibility index (Phi) is 4.87. The molecule has 19 heavy (non-hydrogen) atoms. The second-order valence-corrected chi connectivity index (χ2v) is 6.23. The molecule has 1 aromatic rings. The Balaban J connectivity index is 2.00. The predicted octanol–water partition coefficient (Wildman–Crippen LogP) is 3.68. The maximum atomic E-state index is 12.1. The number of thioether (sulfide) groups is 1. The first kappa shape index (κ1) is 14.4. The van der Waals surface area contributed by atoms with Crippen LogP contribution in [0.4, 0.5) is 10.5 Å². The molecule has 0 unspecified atom stereocenters. The molecular weight excluding hydrogens is 328 g/mol. The van der Waals surface area contributed by atoms with Crippen molar-refractivity contribution in [2.24, 2.45) is 0 Å². The number of amides is 2. The van der Waals surface area contributed by atoms with Crippen LogP contribution in [0.5, 0.6) is 0 Å². The Labute approximate surface area is 125 Å². The number of carbonyl (C=O) groups is 2. The van der Waals surface area contributed by atoms with E-state index >= 15 is 0 Å². The molecular formula is C13H15BrN2O2S. The Bertz CT molecular complexity index is 478. The number of benzene rings is 1. The number of nitrogens with zero attached hydrogens (tertiary/aromatic N) is 1. The molecule has 1 N–H and O–H groups in total. The van der Waals surface area contributed by atoms with Gasteiger partial charge in [-0.05, 0) is 42.4 Å². The number of carbonyl (C=O) groups excluding carboxylic acids is 2. The molecule has 0 bridgehead atoms. The number of unbranched alkanes of at least 4 members (excludes halogenated alkanes) is 1. The summed E-state index contributed by atoms with van der Waals surface area (Å²) in [5.74, 6) is -0.147. The summed E-state index contributed by atoms with van der Waals surface area (Å²) in [5, 5.41) is 2.42. The zero-order valence-electron chi connectivity index (χ0n) is 10.6. The fourth-order valence-electron chi connectivity index (χ4n) is 1.75. The average Bonchev–Trinajstić information content (AvgIpc) is 2.65. The van der Waals surface area contributed by atoms with Gasteiger partial charge in [0.15, 0.2) is 5.37 Å². The van der Waals surface area contributed by atoms with Crippen molar-refractivity contribution in [3.05, 3.63) is 28.7 Å². The normalized spacial score (nSPS) is 19.1. The summed E-state index contributed by atoms with van der Waals surface area (Å²) in [6.45, 7) is 2.55. The molecule has 0 saturated carbocycles. The quantitative estimate of drug-likeness (QED) is 0.886. The molecule has 102 valence electrons. The predicted molar refractivity (Wildman–Crippen MR) is 81.2 cm³/mol. The first-order valence-electron chi connectivity index (χ1n) is 6.16. The highest BCUT2D eigenvalue weighted by atomic mass is 79.9. The maximum absolute atomic E-state index is 12.1. The summed E-state index contributed by atoms with van der Waals surface area (Å²) in [5.41, 5.74) is 0.833. The summed E-state index contributed by atoms with van der Waals surface area (Å²) in [4.78, 5) is 25.2. The third-order valence-corrected chi connectivity index (χ3v) is 4.31. The highest BCUT2D eigenvalue weighted by molar-refractivity contribution is 9.10. The van der Waals surface area contributed by atoms with E-state index in [1.54, 1.807) is 0 Å². The number of hydrogen-bond donors (Lipinski definition) is 1. The van der Waals surface area contributed by atoms with Gasteiger partial charge in [-0.15, -0.1) is 0 Å². The fraction of sp³-hybridized carbons (Fsp3) is 0.385. The second-order valence-electron chi connectivity index (χ2n) is 4.26. The molecule has 2 amide bonds. The van der Waals surface area contributed by atoms with Gasteiger partial charge in [-0.1, -0.05) is 29.3 Å². The molecule has 0 spiro atoms. The third kappa shape index (κ3) is 3.51. The van der Waals surface area contributed by atoms with Gasteiger partial charge in [0, 0.05) is 16.7 Å². The topological polar surface area (TPSA) is 49.4 Å². The van der Waals surface area contributed by atoms with Crippen molar-refractivity contribution in [1.29, 1.82) is 0 Å². The van der Waals surface area contributed by atoms with Crippen LogP contribution in [-0.2, 0) is 4.79 Å². The van der Waals surface area contributed by atoms with Gasteiger partial charge in [0.25, 0.3) is 11.1 Å². The Morgan fingerprint density at radius 2 is 2.00 bits per heavy atom. The van der Waals surface area contributed by atoms with Crippen LogP contribution < -0.4 is 5.32 Å². The average molecular weight is 343 g/mol. The van der Waals surface area contributed by atoms with E-state index in [0.29, 0.717) is 6.54 Å². The fourth-order valence-corrected chi connectivity index (χ4v) is 2.95. The lowest BCUT2D eigenvalue weighted by atomic mass is 10.3. The van der Waals surface area contributed by atoms with Gasteiger partial charge < -0.3 is 5.32 Å². The lowest BCUT2D eigenvalue weighted by Crippen LogP contribution is -2.35. The van der Waals surface area contributed by atoms with Crippen molar-refractivity contribution in [2.75, 3.05) is 11.9 Å². The number of nitrogens with one attached hydrogen (secondary N) is 1. The summed E-state index contributed by atoms with van der Waals surface area (Å²) < 4.78 is 0.976. The van der Waals surface area contributed by atoms with E-state index in [9.17, 15) is 9.59 Å². The number of rotatable bonds is 5. The molecule has 1 aromatic carbocycles. The number of anilines is 1. The second kappa shape index (κ2) is 6.43. The zero-order valence-corrected chi connectivity index (χ0v) is 13.0. The van der Waals surface area contributed by atoms with Gasteiger partial charge in [-0.2, -0.15) is 0 Å². The summed E-state index contributed by atoms with van der Waals surface area (Å²) >= 11 is 4.40. The summed E-state index contributed by atoms with van der Waals surface area (Å²) in [6.07, 6.45) is 1.82. The molecule has 1 atom stereocenters. The first-order valence-corrected chi connectivity index (χ1v) is 7.83. The molecule has 0 radical (unpaired) electrons. The lowest BCUT2D eigenvalue weighted by molar-refractivity contribution is -0.126. The van der Waals surface area contributed by atoms with Crippen LogP contribution in [-0.4, -0.2) is 28.0 Å². The molecule has 0 aromatic heterocycles. The van der Waals surface area contributed by atoms with Gasteiger partial charge in [0.1, 0.15) is 0 Å². The SMILES string of the molecule is CCCCN1C(=O)S[C@H](Nc2ccc(Br)cc2)C1=O. The van der Waals surface area contributed by atoms with Crippen molar-refractivity contribution >= 4 is 44.5 Å². The van der Waals surface area contributed by atoms with Crippen LogP contribution >= 0.6 is 27.7 Å². The van der Waals surface area contributed by atoms with Crippen LogP contribution in [0.15, 0.2) is 28.7 Å². The van der Waals surface area contributed by atoms with E-state index in [2.05, 4.69) is 21.2 Å². The van der Waals surface area contributed by atoms with Crippen molar-refractivity contribution in [3.63, 3.8) is 0 Å². The molecule has 4 nitrogen and oxygen atoms in total. The van der Waals surface area contributed by atoms with Crippen LogP contribution in [0.2, 0.25) is 0 Å². The smallest absolute Gasteiger partial charge is 0.290 e. The van der Waals surface area contributed by atoms with Gasteiger partial charge in [-0.25, -0.2) is 0 Å². The molecule has 0 aliphatic carbocycles. The number of halogens is 1. The molecule has 2 rings (SSSR count). The monoisotopic (exact) mass is 342 g/mol. The van der Waals surface area contributed by atoms with E-state index in [1.165, 1.54) is 4.90 Å². The Morgan fingerprint density at radius 3 is 2.63 bits per heavy atom. The third-order valence-electron chi connectivity index (χ3n) is 2.81. The highest BCUT2D eigenvalue weighted by Gasteiger charge is 2.39. The highest BCUT2D eigenvalue weighted by Crippen LogP contribution is 2.28. The van der Waals surface area contributed by atoms with Crippen LogP contribution in [0, 0.1) is 0 Å².